The van der Waals surface area contributed by atoms with Crippen LogP contribution in [0, 0.1) is 0 Å². The van der Waals surface area contributed by atoms with Gasteiger partial charge in [-0.3, -0.25) is 9.89 Å². The van der Waals surface area contributed by atoms with Gasteiger partial charge in [0.25, 0.3) is 0 Å². The van der Waals surface area contributed by atoms with Gasteiger partial charge in [0, 0.05) is 7.05 Å². The van der Waals surface area contributed by atoms with Crippen molar-refractivity contribution in [3.8, 4) is 0 Å². The summed E-state index contributed by atoms with van der Waals surface area (Å²) in [6.45, 7) is 1.08. The highest BCUT2D eigenvalue weighted by molar-refractivity contribution is 7.90. The third kappa shape index (κ3) is 2.55. The van der Waals surface area contributed by atoms with Crippen molar-refractivity contribution in [1.82, 2.24) is 19.5 Å². The minimum absolute atomic E-state index is 0.0417. The van der Waals surface area contributed by atoms with Crippen LogP contribution >= 0.6 is 0 Å². The zero-order chi connectivity index (χ0) is 12.3. The Hall–Kier alpha value is -1.48. The minimum Gasteiger partial charge on any atom is -0.480 e. The number of sulfonamides is 1. The number of hydrogen-bond donors (Lipinski definition) is 2. The summed E-state index contributed by atoms with van der Waals surface area (Å²) >= 11 is 0. The fraction of sp³-hybridized carbons (Fsp3) is 0.571. The Morgan fingerprint density at radius 2 is 2.31 bits per heavy atom. The molecule has 0 aliphatic rings. The van der Waals surface area contributed by atoms with Crippen LogP contribution in [0.1, 0.15) is 12.7 Å². The number of rotatable bonds is 5. The zero-order valence-electron chi connectivity index (χ0n) is 8.78. The number of carboxylic acids is 1. The number of carboxylic acid groups (broad SMARTS) is 1. The number of carbonyl (C=O) groups is 1. The van der Waals surface area contributed by atoms with Crippen LogP contribution in [-0.4, -0.2) is 51.3 Å². The molecule has 1 atom stereocenters. The lowest BCUT2D eigenvalue weighted by molar-refractivity contribution is -0.136. The van der Waals surface area contributed by atoms with Gasteiger partial charge in [-0.1, -0.05) is 0 Å². The predicted octanol–water partition coefficient (Wildman–Crippen LogP) is -0.961. The average molecular weight is 248 g/mol. The average Bonchev–Trinajstić information content (AvgIpc) is 2.68. The SMILES string of the molecule is CC(C(=O)O)S(=O)(=O)N(C)Cc1ncn[nH]1. The third-order valence-corrected chi connectivity index (χ3v) is 4.16. The van der Waals surface area contributed by atoms with E-state index in [2.05, 4.69) is 15.2 Å². The first-order chi connectivity index (χ1) is 7.35. The Morgan fingerprint density at radius 1 is 1.69 bits per heavy atom. The maximum Gasteiger partial charge on any atom is 0.323 e. The van der Waals surface area contributed by atoms with Gasteiger partial charge in [-0.25, -0.2) is 13.4 Å². The molecule has 1 unspecified atom stereocenters. The highest BCUT2D eigenvalue weighted by Gasteiger charge is 2.31. The normalized spacial score (nSPS) is 13.9. The van der Waals surface area contributed by atoms with Crippen molar-refractivity contribution in [2.24, 2.45) is 0 Å². The van der Waals surface area contributed by atoms with Crippen LogP contribution in [0.3, 0.4) is 0 Å². The molecule has 16 heavy (non-hydrogen) atoms. The van der Waals surface area contributed by atoms with Crippen molar-refractivity contribution in [1.29, 1.82) is 0 Å². The molecule has 0 spiro atoms. The number of nitrogens with one attached hydrogen (secondary N) is 1. The summed E-state index contributed by atoms with van der Waals surface area (Å²) in [5.41, 5.74) is 0. The summed E-state index contributed by atoms with van der Waals surface area (Å²) < 4.78 is 24.3. The zero-order valence-corrected chi connectivity index (χ0v) is 9.60. The van der Waals surface area contributed by atoms with Crippen LogP contribution in [0.25, 0.3) is 0 Å². The first-order valence-corrected chi connectivity index (χ1v) is 5.88. The maximum atomic E-state index is 11.7. The molecule has 0 fully saturated rings. The second-order valence-corrected chi connectivity index (χ2v) is 5.57. The van der Waals surface area contributed by atoms with Crippen LogP contribution in [0.5, 0.6) is 0 Å². The van der Waals surface area contributed by atoms with E-state index in [1.807, 2.05) is 0 Å². The molecule has 1 aromatic heterocycles. The Morgan fingerprint density at radius 3 is 2.75 bits per heavy atom. The van der Waals surface area contributed by atoms with Crippen molar-refractivity contribution in [3.63, 3.8) is 0 Å². The topological polar surface area (TPSA) is 116 Å². The van der Waals surface area contributed by atoms with E-state index < -0.39 is 21.2 Å². The van der Waals surface area contributed by atoms with Crippen LogP contribution < -0.4 is 0 Å². The van der Waals surface area contributed by atoms with Gasteiger partial charge < -0.3 is 5.11 Å². The molecule has 8 nitrogen and oxygen atoms in total. The first kappa shape index (κ1) is 12.6. The van der Waals surface area contributed by atoms with Crippen molar-refractivity contribution in [3.05, 3.63) is 12.2 Å². The van der Waals surface area contributed by atoms with Gasteiger partial charge in [0.1, 0.15) is 12.2 Å². The number of aromatic nitrogens is 3. The van der Waals surface area contributed by atoms with E-state index in [1.165, 1.54) is 13.4 Å². The number of H-pyrrole nitrogens is 1. The number of hydrogen-bond acceptors (Lipinski definition) is 5. The lowest BCUT2D eigenvalue weighted by Crippen LogP contribution is -2.38. The molecule has 0 saturated heterocycles. The molecule has 1 heterocycles. The molecule has 0 aliphatic carbocycles. The maximum absolute atomic E-state index is 11.7. The molecule has 9 heteroatoms. The Labute approximate surface area is 92.3 Å². The minimum atomic E-state index is -3.87. The van der Waals surface area contributed by atoms with E-state index in [0.717, 1.165) is 11.2 Å². The summed E-state index contributed by atoms with van der Waals surface area (Å²) in [5.74, 6) is -1.03. The van der Waals surface area contributed by atoms with E-state index in [1.54, 1.807) is 0 Å². The lowest BCUT2D eigenvalue weighted by Gasteiger charge is -2.18. The summed E-state index contributed by atoms with van der Waals surface area (Å²) in [4.78, 5) is 14.4. The molecule has 0 aliphatic heterocycles. The van der Waals surface area contributed by atoms with Gasteiger partial charge in [0.2, 0.25) is 10.0 Å². The van der Waals surface area contributed by atoms with E-state index in [4.69, 9.17) is 5.11 Å². The standard InChI is InChI=1S/C7H12N4O4S/c1-5(7(12)13)16(14,15)11(2)3-6-8-4-9-10-6/h4-5H,3H2,1-2H3,(H,12,13)(H,8,9,10). The molecule has 2 N–H and O–H groups in total. The Kier molecular flexibility index (Phi) is 3.60. The van der Waals surface area contributed by atoms with Gasteiger partial charge in [0.05, 0.1) is 6.54 Å². The van der Waals surface area contributed by atoms with Gasteiger partial charge in [-0.05, 0) is 6.92 Å². The quantitative estimate of drug-likeness (QED) is 0.693. The molecule has 0 saturated carbocycles. The van der Waals surface area contributed by atoms with Crippen molar-refractivity contribution >= 4 is 16.0 Å². The van der Waals surface area contributed by atoms with Crippen molar-refractivity contribution in [2.75, 3.05) is 7.05 Å². The van der Waals surface area contributed by atoms with Gasteiger partial charge in [0.15, 0.2) is 5.25 Å². The summed E-state index contributed by atoms with van der Waals surface area (Å²) in [5, 5.41) is 13.2. The van der Waals surface area contributed by atoms with Gasteiger partial charge in [-0.15, -0.1) is 0 Å². The first-order valence-electron chi connectivity index (χ1n) is 4.38. The molecule has 0 radical (unpaired) electrons. The molecule has 90 valence electrons. The fourth-order valence-corrected chi connectivity index (χ4v) is 2.10. The second-order valence-electron chi connectivity index (χ2n) is 3.21. The molecule has 0 bridgehead atoms. The molecular weight excluding hydrogens is 236 g/mol. The summed E-state index contributed by atoms with van der Waals surface area (Å²) in [6.07, 6.45) is 1.25. The fourth-order valence-electron chi connectivity index (χ4n) is 1.01. The summed E-state index contributed by atoms with van der Waals surface area (Å²) in [7, 11) is -2.58. The summed E-state index contributed by atoms with van der Waals surface area (Å²) in [6, 6.07) is 0. The highest BCUT2D eigenvalue weighted by atomic mass is 32.2. The van der Waals surface area contributed by atoms with Crippen LogP contribution in [0.2, 0.25) is 0 Å². The Bertz CT molecular complexity index is 455. The number of aliphatic carboxylic acids is 1. The molecule has 1 rings (SSSR count). The van der Waals surface area contributed by atoms with E-state index in [9.17, 15) is 13.2 Å². The smallest absolute Gasteiger partial charge is 0.323 e. The monoisotopic (exact) mass is 248 g/mol. The van der Waals surface area contributed by atoms with Crippen LogP contribution in [-0.2, 0) is 21.4 Å². The van der Waals surface area contributed by atoms with Crippen molar-refractivity contribution < 1.29 is 18.3 Å². The molecular formula is C7H12N4O4S. The van der Waals surface area contributed by atoms with E-state index >= 15 is 0 Å². The number of nitrogens with zero attached hydrogens (tertiary/aromatic N) is 3. The highest BCUT2D eigenvalue weighted by Crippen LogP contribution is 2.09. The second kappa shape index (κ2) is 4.58. The van der Waals surface area contributed by atoms with E-state index in [-0.39, 0.29) is 6.54 Å². The molecule has 0 amide bonds. The molecule has 0 aromatic carbocycles. The third-order valence-electron chi connectivity index (χ3n) is 2.07. The Balaban J connectivity index is 2.81. The van der Waals surface area contributed by atoms with Gasteiger partial charge in [-0.2, -0.15) is 9.40 Å². The number of aromatic amines is 1. The molecule has 1 aromatic rings. The van der Waals surface area contributed by atoms with E-state index in [0.29, 0.717) is 5.82 Å². The van der Waals surface area contributed by atoms with Gasteiger partial charge >= 0.3 is 5.97 Å². The largest absolute Gasteiger partial charge is 0.480 e. The lowest BCUT2D eigenvalue weighted by atomic mass is 10.5. The van der Waals surface area contributed by atoms with Crippen molar-refractivity contribution in [2.45, 2.75) is 18.7 Å². The predicted molar refractivity (Wildman–Crippen MR) is 53.9 cm³/mol. The van der Waals surface area contributed by atoms with Crippen LogP contribution in [0.4, 0.5) is 0 Å². The van der Waals surface area contributed by atoms with Crippen LogP contribution in [0.15, 0.2) is 6.33 Å².